The third-order valence-electron chi connectivity index (χ3n) is 7.82. The van der Waals surface area contributed by atoms with Crippen LogP contribution < -0.4 is 9.64 Å². The van der Waals surface area contributed by atoms with Crippen molar-refractivity contribution in [2.24, 2.45) is 5.41 Å². The summed E-state index contributed by atoms with van der Waals surface area (Å²) in [4.78, 5) is 19.7. The van der Waals surface area contributed by atoms with Gasteiger partial charge in [-0.15, -0.1) is 11.8 Å². The van der Waals surface area contributed by atoms with E-state index in [0.717, 1.165) is 60.1 Å². The number of carbonyl (C=O) groups is 1. The van der Waals surface area contributed by atoms with Crippen molar-refractivity contribution in [3.8, 4) is 16.9 Å². The van der Waals surface area contributed by atoms with Crippen LogP contribution in [0.5, 0.6) is 5.75 Å². The fourth-order valence-corrected chi connectivity index (χ4v) is 6.81. The Kier molecular flexibility index (Phi) is 5.42. The molecule has 174 valence electrons. The van der Waals surface area contributed by atoms with Crippen LogP contribution >= 0.6 is 11.8 Å². The second kappa shape index (κ2) is 8.47. The van der Waals surface area contributed by atoms with E-state index in [9.17, 15) is 4.79 Å². The van der Waals surface area contributed by atoms with Crippen LogP contribution in [0.4, 0.5) is 5.69 Å². The van der Waals surface area contributed by atoms with Crippen LogP contribution in [0.15, 0.2) is 71.6 Å². The number of ether oxygens (including phenoxy) is 1. The molecule has 1 spiro atoms. The molecule has 2 heterocycles. The lowest BCUT2D eigenvalue weighted by atomic mass is 9.89. The Bertz CT molecular complexity index is 1220. The molecule has 3 aliphatic rings. The molecule has 3 aromatic carbocycles. The lowest BCUT2D eigenvalue weighted by Crippen LogP contribution is -2.44. The molecule has 2 atom stereocenters. The number of piperazine rings is 1. The Morgan fingerprint density at radius 2 is 1.62 bits per heavy atom. The molecular formula is C29H30N2O2S. The standard InChI is InChI=1S/C29H30N2O2S/c1-30-13-15-31(16-14-30)23-8-3-20(4-9-23)22-7-12-27-25(17-22)28(32)29(19-34-27)18-26(29)21-5-10-24(33-2)11-6-21/h3-12,17,26H,13-16,18-19H2,1-2H3. The minimum atomic E-state index is -0.254. The topological polar surface area (TPSA) is 32.8 Å². The first-order valence-electron chi connectivity index (χ1n) is 12.1. The molecule has 2 aliphatic heterocycles. The van der Waals surface area contributed by atoms with Gasteiger partial charge in [-0.05, 0) is 72.5 Å². The first-order chi connectivity index (χ1) is 16.6. The first kappa shape index (κ1) is 21.8. The Morgan fingerprint density at radius 1 is 0.912 bits per heavy atom. The van der Waals surface area contributed by atoms with Crippen LogP contribution in [0.3, 0.4) is 0 Å². The monoisotopic (exact) mass is 470 g/mol. The third kappa shape index (κ3) is 3.71. The van der Waals surface area contributed by atoms with Gasteiger partial charge in [0.15, 0.2) is 5.78 Å². The van der Waals surface area contributed by atoms with Gasteiger partial charge in [-0.25, -0.2) is 0 Å². The summed E-state index contributed by atoms with van der Waals surface area (Å²) >= 11 is 1.84. The van der Waals surface area contributed by atoms with E-state index >= 15 is 0 Å². The number of nitrogens with zero attached hydrogens (tertiary/aromatic N) is 2. The Hall–Kier alpha value is -2.76. The van der Waals surface area contributed by atoms with Gasteiger partial charge in [-0.3, -0.25) is 4.79 Å². The van der Waals surface area contributed by atoms with Crippen molar-refractivity contribution in [2.75, 3.05) is 51.0 Å². The number of rotatable bonds is 4. The maximum absolute atomic E-state index is 13.7. The molecule has 0 bridgehead atoms. The lowest BCUT2D eigenvalue weighted by molar-refractivity contribution is 0.0905. The summed E-state index contributed by atoms with van der Waals surface area (Å²) in [5.74, 6) is 2.35. The van der Waals surface area contributed by atoms with Crippen LogP contribution in [0.1, 0.15) is 28.3 Å². The number of Topliss-reactive ketones (excluding diaryl/α,β-unsaturated/α-hetero) is 1. The van der Waals surface area contributed by atoms with Gasteiger partial charge >= 0.3 is 0 Å². The average Bonchev–Trinajstić information content (AvgIpc) is 3.62. The quantitative estimate of drug-likeness (QED) is 0.497. The van der Waals surface area contributed by atoms with Gasteiger partial charge in [0.25, 0.3) is 0 Å². The van der Waals surface area contributed by atoms with Crippen molar-refractivity contribution in [2.45, 2.75) is 17.2 Å². The lowest BCUT2D eigenvalue weighted by Gasteiger charge is -2.34. The second-order valence-electron chi connectivity index (χ2n) is 9.85. The predicted molar refractivity (Wildman–Crippen MR) is 139 cm³/mol. The summed E-state index contributed by atoms with van der Waals surface area (Å²) in [6.45, 7) is 4.34. The summed E-state index contributed by atoms with van der Waals surface area (Å²) in [6, 6.07) is 23.5. The largest absolute Gasteiger partial charge is 0.497 e. The van der Waals surface area contributed by atoms with E-state index in [1.165, 1.54) is 16.8 Å². The van der Waals surface area contributed by atoms with Crippen molar-refractivity contribution >= 4 is 23.2 Å². The van der Waals surface area contributed by atoms with Crippen LogP contribution in [0, 0.1) is 5.41 Å². The first-order valence-corrected chi connectivity index (χ1v) is 13.1. The maximum Gasteiger partial charge on any atom is 0.171 e. The van der Waals surface area contributed by atoms with E-state index in [1.807, 2.05) is 23.9 Å². The molecule has 34 heavy (non-hydrogen) atoms. The molecule has 1 saturated heterocycles. The Balaban J connectivity index is 1.23. The van der Waals surface area contributed by atoms with Crippen molar-refractivity contribution < 1.29 is 9.53 Å². The normalized spacial score (nSPS) is 24.2. The van der Waals surface area contributed by atoms with Crippen molar-refractivity contribution in [3.63, 3.8) is 0 Å². The minimum absolute atomic E-state index is 0.254. The van der Waals surface area contributed by atoms with E-state index in [-0.39, 0.29) is 5.41 Å². The van der Waals surface area contributed by atoms with E-state index in [4.69, 9.17) is 4.74 Å². The SMILES string of the molecule is COc1ccc(C2CC23CSc2ccc(-c4ccc(N5CCN(C)CC5)cc4)cc2C3=O)cc1. The minimum Gasteiger partial charge on any atom is -0.497 e. The van der Waals surface area contributed by atoms with E-state index < -0.39 is 0 Å². The molecule has 0 N–H and O–H groups in total. The maximum atomic E-state index is 13.7. The highest BCUT2D eigenvalue weighted by Crippen LogP contribution is 2.65. The average molecular weight is 471 g/mol. The molecule has 0 radical (unpaired) electrons. The number of ketones is 1. The van der Waals surface area contributed by atoms with Gasteiger partial charge in [0.05, 0.1) is 12.5 Å². The third-order valence-corrected chi connectivity index (χ3v) is 9.15. The number of anilines is 1. The Morgan fingerprint density at radius 3 is 2.32 bits per heavy atom. The molecule has 2 fully saturated rings. The molecule has 6 rings (SSSR count). The highest BCUT2D eigenvalue weighted by atomic mass is 32.2. The highest BCUT2D eigenvalue weighted by Gasteiger charge is 2.61. The molecule has 0 amide bonds. The van der Waals surface area contributed by atoms with Crippen molar-refractivity contribution in [3.05, 3.63) is 77.9 Å². The molecule has 2 unspecified atom stereocenters. The van der Waals surface area contributed by atoms with E-state index in [0.29, 0.717) is 11.7 Å². The number of hydrogen-bond donors (Lipinski definition) is 0. The summed E-state index contributed by atoms with van der Waals surface area (Å²) < 4.78 is 5.30. The van der Waals surface area contributed by atoms with Crippen LogP contribution in [0.25, 0.3) is 11.1 Å². The number of methoxy groups -OCH3 is 1. The highest BCUT2D eigenvalue weighted by molar-refractivity contribution is 7.99. The zero-order valence-electron chi connectivity index (χ0n) is 19.8. The summed E-state index contributed by atoms with van der Waals surface area (Å²) in [5, 5.41) is 0. The van der Waals surface area contributed by atoms with Gasteiger partial charge in [-0.1, -0.05) is 30.3 Å². The van der Waals surface area contributed by atoms with E-state index in [2.05, 4.69) is 71.4 Å². The predicted octanol–water partition coefficient (Wildman–Crippen LogP) is 5.58. The van der Waals surface area contributed by atoms with Crippen molar-refractivity contribution in [1.29, 1.82) is 0 Å². The van der Waals surface area contributed by atoms with Gasteiger partial charge in [-0.2, -0.15) is 0 Å². The van der Waals surface area contributed by atoms with Crippen LogP contribution in [-0.4, -0.2) is 56.8 Å². The molecule has 1 saturated carbocycles. The second-order valence-corrected chi connectivity index (χ2v) is 10.9. The number of benzene rings is 3. The fraction of sp³-hybridized carbons (Fsp3) is 0.345. The number of carbonyl (C=O) groups excluding carboxylic acids is 1. The zero-order chi connectivity index (χ0) is 23.3. The van der Waals surface area contributed by atoms with E-state index in [1.54, 1.807) is 7.11 Å². The van der Waals surface area contributed by atoms with Crippen molar-refractivity contribution in [1.82, 2.24) is 4.90 Å². The van der Waals surface area contributed by atoms with Gasteiger partial charge in [0.1, 0.15) is 5.75 Å². The smallest absolute Gasteiger partial charge is 0.171 e. The summed E-state index contributed by atoms with van der Waals surface area (Å²) in [5.41, 5.74) is 5.45. The number of thioether (sulfide) groups is 1. The van der Waals surface area contributed by atoms with Gasteiger partial charge in [0, 0.05) is 48.1 Å². The molecular weight excluding hydrogens is 440 g/mol. The number of likely N-dealkylation sites (N-methyl/N-ethyl adjacent to an activating group) is 1. The number of fused-ring (bicyclic) bond motifs is 1. The summed E-state index contributed by atoms with van der Waals surface area (Å²) in [7, 11) is 3.87. The van der Waals surface area contributed by atoms with Crippen LogP contribution in [0.2, 0.25) is 0 Å². The molecule has 4 nitrogen and oxygen atoms in total. The molecule has 1 aliphatic carbocycles. The number of hydrogen-bond acceptors (Lipinski definition) is 5. The molecule has 3 aromatic rings. The fourth-order valence-electron chi connectivity index (χ4n) is 5.47. The zero-order valence-corrected chi connectivity index (χ0v) is 20.6. The van der Waals surface area contributed by atoms with Crippen LogP contribution in [-0.2, 0) is 0 Å². The molecule has 5 heteroatoms. The van der Waals surface area contributed by atoms with Gasteiger partial charge in [0.2, 0.25) is 0 Å². The Labute approximate surface area is 205 Å². The molecule has 0 aromatic heterocycles. The summed E-state index contributed by atoms with van der Waals surface area (Å²) in [6.07, 6.45) is 0.939. The van der Waals surface area contributed by atoms with Gasteiger partial charge < -0.3 is 14.5 Å².